The topological polar surface area (TPSA) is 75.4 Å². The number of rotatable bonds is 6. The van der Waals surface area contributed by atoms with Gasteiger partial charge in [-0.15, -0.1) is 0 Å². The number of aliphatic hydroxyl groups is 1. The Hall–Kier alpha value is -0.980. The Balaban J connectivity index is 1.88. The number of nitrogens with zero attached hydrogens (tertiary/aromatic N) is 1. The maximum Gasteiger partial charge on any atom is 0.283 e. The van der Waals surface area contributed by atoms with E-state index in [2.05, 4.69) is 21.2 Å². The van der Waals surface area contributed by atoms with Crippen molar-refractivity contribution in [3.05, 3.63) is 38.3 Å². The van der Waals surface area contributed by atoms with Gasteiger partial charge in [-0.2, -0.15) is 0 Å². The predicted molar refractivity (Wildman–Crippen MR) is 85.0 cm³/mol. The average Bonchev–Trinajstić information content (AvgIpc) is 2.49. The van der Waals surface area contributed by atoms with Gasteiger partial charge in [-0.1, -0.05) is 18.9 Å². The van der Waals surface area contributed by atoms with Crippen molar-refractivity contribution in [2.24, 2.45) is 11.8 Å². The number of halogens is 1. The molecule has 5 nitrogen and oxygen atoms in total. The third-order valence-electron chi connectivity index (χ3n) is 4.24. The van der Waals surface area contributed by atoms with Crippen LogP contribution in [0.1, 0.15) is 31.2 Å². The quantitative estimate of drug-likeness (QED) is 0.605. The van der Waals surface area contributed by atoms with Crippen molar-refractivity contribution in [2.45, 2.75) is 32.2 Å². The Morgan fingerprint density at radius 1 is 1.33 bits per heavy atom. The summed E-state index contributed by atoms with van der Waals surface area (Å²) in [6.07, 6.45) is 4.69. The van der Waals surface area contributed by atoms with E-state index in [4.69, 9.17) is 0 Å². The second-order valence-corrected chi connectivity index (χ2v) is 6.52. The molecule has 1 saturated carbocycles. The highest BCUT2D eigenvalue weighted by Gasteiger charge is 2.23. The van der Waals surface area contributed by atoms with Gasteiger partial charge in [0.2, 0.25) is 0 Å². The monoisotopic (exact) mass is 356 g/mol. The van der Waals surface area contributed by atoms with Gasteiger partial charge in [-0.25, -0.2) is 0 Å². The standard InChI is InChI=1S/C15H21BrN2O3/c16-14-6-5-11(7-15(14)18(20)21)8-17-9-12-3-1-2-4-13(12)10-19/h5-7,12-13,17,19H,1-4,8-10H2. The maximum absolute atomic E-state index is 10.9. The van der Waals surface area contributed by atoms with Crippen molar-refractivity contribution >= 4 is 21.6 Å². The van der Waals surface area contributed by atoms with Crippen LogP contribution in [0.2, 0.25) is 0 Å². The second kappa shape index (κ2) is 7.87. The first-order valence-electron chi connectivity index (χ1n) is 7.36. The molecule has 2 atom stereocenters. The van der Waals surface area contributed by atoms with E-state index in [1.54, 1.807) is 12.1 Å². The number of nitro groups is 1. The Kier molecular flexibility index (Phi) is 6.14. The van der Waals surface area contributed by atoms with E-state index in [0.717, 1.165) is 24.9 Å². The molecule has 1 fully saturated rings. The van der Waals surface area contributed by atoms with E-state index < -0.39 is 0 Å². The fourth-order valence-corrected chi connectivity index (χ4v) is 3.39. The lowest BCUT2D eigenvalue weighted by Crippen LogP contribution is -2.32. The van der Waals surface area contributed by atoms with Gasteiger partial charge in [0.15, 0.2) is 0 Å². The van der Waals surface area contributed by atoms with E-state index >= 15 is 0 Å². The van der Waals surface area contributed by atoms with Crippen LogP contribution in [-0.4, -0.2) is 23.2 Å². The highest BCUT2D eigenvalue weighted by molar-refractivity contribution is 9.10. The normalized spacial score (nSPS) is 22.2. The molecule has 0 aromatic heterocycles. The molecule has 2 N–H and O–H groups in total. The Labute approximate surface area is 133 Å². The van der Waals surface area contributed by atoms with E-state index in [9.17, 15) is 15.2 Å². The average molecular weight is 357 g/mol. The molecule has 2 unspecified atom stereocenters. The minimum atomic E-state index is -0.378. The number of nitrogens with one attached hydrogen (secondary N) is 1. The Morgan fingerprint density at radius 3 is 2.71 bits per heavy atom. The molecule has 1 aromatic carbocycles. The summed E-state index contributed by atoms with van der Waals surface area (Å²) in [6.45, 7) is 1.73. The van der Waals surface area contributed by atoms with Crippen molar-refractivity contribution in [1.29, 1.82) is 0 Å². The molecule has 0 spiro atoms. The molecule has 1 aliphatic rings. The maximum atomic E-state index is 10.9. The summed E-state index contributed by atoms with van der Waals surface area (Å²) >= 11 is 3.19. The van der Waals surface area contributed by atoms with Crippen molar-refractivity contribution in [3.8, 4) is 0 Å². The van der Waals surface area contributed by atoms with Crippen LogP contribution >= 0.6 is 15.9 Å². The van der Waals surface area contributed by atoms with Gasteiger partial charge in [0.1, 0.15) is 0 Å². The number of benzene rings is 1. The minimum absolute atomic E-state index is 0.0974. The summed E-state index contributed by atoms with van der Waals surface area (Å²) < 4.78 is 0.504. The predicted octanol–water partition coefficient (Wildman–Crippen LogP) is 3.25. The summed E-state index contributed by atoms with van der Waals surface area (Å²) in [5.74, 6) is 0.902. The zero-order chi connectivity index (χ0) is 15.2. The van der Waals surface area contributed by atoms with E-state index in [1.807, 2.05) is 6.07 Å². The van der Waals surface area contributed by atoms with Crippen molar-refractivity contribution in [2.75, 3.05) is 13.2 Å². The van der Waals surface area contributed by atoms with Crippen LogP contribution in [0.3, 0.4) is 0 Å². The van der Waals surface area contributed by atoms with Gasteiger partial charge in [0.05, 0.1) is 9.40 Å². The van der Waals surface area contributed by atoms with Crippen LogP contribution in [0.15, 0.2) is 22.7 Å². The van der Waals surface area contributed by atoms with Crippen LogP contribution in [-0.2, 0) is 6.54 Å². The number of hydrogen-bond donors (Lipinski definition) is 2. The third kappa shape index (κ3) is 4.49. The summed E-state index contributed by atoms with van der Waals surface area (Å²) in [5.41, 5.74) is 1.00. The fourth-order valence-electron chi connectivity index (χ4n) is 3.00. The number of aliphatic hydroxyl groups excluding tert-OH is 1. The lowest BCUT2D eigenvalue weighted by Gasteiger charge is -2.30. The molecule has 0 aliphatic heterocycles. The summed E-state index contributed by atoms with van der Waals surface area (Å²) in [4.78, 5) is 10.5. The van der Waals surface area contributed by atoms with E-state index in [0.29, 0.717) is 22.9 Å². The van der Waals surface area contributed by atoms with Gasteiger partial charge < -0.3 is 10.4 Å². The molecule has 1 aliphatic carbocycles. The molecular weight excluding hydrogens is 336 g/mol. The fraction of sp³-hybridized carbons (Fsp3) is 0.600. The molecule has 116 valence electrons. The summed E-state index contributed by atoms with van der Waals surface area (Å²) in [6, 6.07) is 5.20. The smallest absolute Gasteiger partial charge is 0.283 e. The molecule has 2 rings (SSSR count). The van der Waals surface area contributed by atoms with Crippen molar-refractivity contribution in [1.82, 2.24) is 5.32 Å². The largest absolute Gasteiger partial charge is 0.396 e. The molecule has 0 saturated heterocycles. The van der Waals surface area contributed by atoms with Crippen LogP contribution in [0.4, 0.5) is 5.69 Å². The molecule has 0 heterocycles. The van der Waals surface area contributed by atoms with Crippen molar-refractivity contribution < 1.29 is 10.0 Å². The molecule has 6 heteroatoms. The SMILES string of the molecule is O=[N+]([O-])c1cc(CNCC2CCCCC2CO)ccc1Br. The summed E-state index contributed by atoms with van der Waals surface area (Å²) in [7, 11) is 0. The Bertz CT molecular complexity index is 496. The molecule has 21 heavy (non-hydrogen) atoms. The first kappa shape index (κ1) is 16.4. The Morgan fingerprint density at radius 2 is 2.05 bits per heavy atom. The third-order valence-corrected chi connectivity index (χ3v) is 4.91. The van der Waals surface area contributed by atoms with Crippen LogP contribution < -0.4 is 5.32 Å². The second-order valence-electron chi connectivity index (χ2n) is 5.66. The minimum Gasteiger partial charge on any atom is -0.396 e. The van der Waals surface area contributed by atoms with Crippen LogP contribution in [0, 0.1) is 22.0 Å². The lowest BCUT2D eigenvalue weighted by molar-refractivity contribution is -0.385. The van der Waals surface area contributed by atoms with Gasteiger partial charge in [0, 0.05) is 19.2 Å². The first-order chi connectivity index (χ1) is 10.1. The molecule has 0 amide bonds. The zero-order valence-electron chi connectivity index (χ0n) is 11.9. The zero-order valence-corrected chi connectivity index (χ0v) is 13.5. The van der Waals surface area contributed by atoms with E-state index in [1.165, 1.54) is 12.8 Å². The van der Waals surface area contributed by atoms with E-state index in [-0.39, 0.29) is 17.2 Å². The van der Waals surface area contributed by atoms with Gasteiger partial charge in [0.25, 0.3) is 5.69 Å². The van der Waals surface area contributed by atoms with Gasteiger partial charge in [-0.05, 0) is 58.8 Å². The van der Waals surface area contributed by atoms with Crippen molar-refractivity contribution in [3.63, 3.8) is 0 Å². The van der Waals surface area contributed by atoms with Gasteiger partial charge in [-0.3, -0.25) is 10.1 Å². The molecule has 0 bridgehead atoms. The highest BCUT2D eigenvalue weighted by atomic mass is 79.9. The molecular formula is C15H21BrN2O3. The van der Waals surface area contributed by atoms with Crippen LogP contribution in [0.25, 0.3) is 0 Å². The summed E-state index contributed by atoms with van der Waals surface area (Å²) in [5, 5.41) is 23.7. The van der Waals surface area contributed by atoms with Crippen LogP contribution in [0.5, 0.6) is 0 Å². The van der Waals surface area contributed by atoms with Gasteiger partial charge >= 0.3 is 0 Å². The number of nitro benzene ring substituents is 1. The number of hydrogen-bond acceptors (Lipinski definition) is 4. The first-order valence-corrected chi connectivity index (χ1v) is 8.15. The molecule has 0 radical (unpaired) electrons. The lowest BCUT2D eigenvalue weighted by atomic mass is 9.79. The molecule has 1 aromatic rings. The highest BCUT2D eigenvalue weighted by Crippen LogP contribution is 2.29.